The first-order chi connectivity index (χ1) is 12.2. The summed E-state index contributed by atoms with van der Waals surface area (Å²) in [7, 11) is 4.08. The summed E-state index contributed by atoms with van der Waals surface area (Å²) in [5.41, 5.74) is 1.09. The van der Waals surface area contributed by atoms with Crippen molar-refractivity contribution in [1.82, 2.24) is 15.5 Å². The van der Waals surface area contributed by atoms with E-state index in [0.717, 1.165) is 56.5 Å². The molecule has 26 heavy (non-hydrogen) atoms. The zero-order valence-electron chi connectivity index (χ0n) is 16.6. The molecule has 0 fully saturated rings. The first-order valence-corrected chi connectivity index (χ1v) is 9.12. The second kappa shape index (κ2) is 16.1. The Morgan fingerprint density at radius 2 is 1.88 bits per heavy atom. The van der Waals surface area contributed by atoms with Gasteiger partial charge in [-0.2, -0.15) is 0 Å². The van der Waals surface area contributed by atoms with Crippen LogP contribution in [-0.2, 0) is 11.3 Å². The molecular weight excluding hydrogens is 443 g/mol. The monoisotopic (exact) mass is 478 g/mol. The van der Waals surface area contributed by atoms with Crippen LogP contribution in [0.25, 0.3) is 0 Å². The van der Waals surface area contributed by atoms with Crippen molar-refractivity contribution in [1.29, 1.82) is 0 Å². The Labute approximate surface area is 175 Å². The minimum atomic E-state index is 0. The summed E-state index contributed by atoms with van der Waals surface area (Å²) in [6.07, 6.45) is 0.961. The summed E-state index contributed by atoms with van der Waals surface area (Å²) in [6.45, 7) is 9.42. The Kier molecular flexibility index (Phi) is 15.5. The van der Waals surface area contributed by atoms with Crippen LogP contribution in [0.15, 0.2) is 29.3 Å². The molecule has 0 radical (unpaired) electrons. The van der Waals surface area contributed by atoms with Gasteiger partial charge in [-0.3, -0.25) is 0 Å². The van der Waals surface area contributed by atoms with E-state index in [1.165, 1.54) is 0 Å². The fourth-order valence-electron chi connectivity index (χ4n) is 2.14. The predicted molar refractivity (Wildman–Crippen MR) is 120 cm³/mol. The summed E-state index contributed by atoms with van der Waals surface area (Å²) in [4.78, 5) is 6.78. The number of rotatable bonds is 12. The van der Waals surface area contributed by atoms with Crippen molar-refractivity contribution in [2.75, 3.05) is 53.6 Å². The molecule has 0 spiro atoms. The van der Waals surface area contributed by atoms with Gasteiger partial charge in [0.05, 0.1) is 6.54 Å². The van der Waals surface area contributed by atoms with Gasteiger partial charge in [-0.05, 0) is 40.4 Å². The molecule has 0 amide bonds. The minimum Gasteiger partial charge on any atom is -0.492 e. The van der Waals surface area contributed by atoms with E-state index in [-0.39, 0.29) is 24.0 Å². The van der Waals surface area contributed by atoms with Gasteiger partial charge in [-0.1, -0.05) is 18.2 Å². The van der Waals surface area contributed by atoms with Gasteiger partial charge in [0.25, 0.3) is 0 Å². The molecule has 0 bridgehead atoms. The van der Waals surface area contributed by atoms with Crippen molar-refractivity contribution in [2.45, 2.75) is 26.8 Å². The largest absolute Gasteiger partial charge is 0.492 e. The van der Waals surface area contributed by atoms with E-state index in [0.29, 0.717) is 13.2 Å². The van der Waals surface area contributed by atoms with E-state index >= 15 is 0 Å². The number of halogens is 1. The smallest absolute Gasteiger partial charge is 0.191 e. The molecule has 2 N–H and O–H groups in total. The number of guanidine groups is 1. The number of nitrogens with one attached hydrogen (secondary N) is 2. The first kappa shape index (κ1) is 24.9. The molecule has 0 unspecified atom stereocenters. The number of hydrogen-bond acceptors (Lipinski definition) is 4. The summed E-state index contributed by atoms with van der Waals surface area (Å²) in [5, 5.41) is 6.61. The van der Waals surface area contributed by atoms with Crippen LogP contribution in [0, 0.1) is 0 Å². The Morgan fingerprint density at radius 1 is 1.12 bits per heavy atom. The summed E-state index contributed by atoms with van der Waals surface area (Å²) in [5.74, 6) is 1.72. The lowest BCUT2D eigenvalue weighted by Crippen LogP contribution is -2.38. The molecule has 7 heteroatoms. The average Bonchev–Trinajstić information content (AvgIpc) is 2.60. The minimum absolute atomic E-state index is 0. The number of nitrogens with zero attached hydrogens (tertiary/aromatic N) is 2. The molecule has 0 heterocycles. The number of para-hydroxylation sites is 1. The van der Waals surface area contributed by atoms with Crippen LogP contribution in [0.3, 0.4) is 0 Å². The van der Waals surface area contributed by atoms with Gasteiger partial charge >= 0.3 is 0 Å². The zero-order valence-corrected chi connectivity index (χ0v) is 18.9. The van der Waals surface area contributed by atoms with E-state index in [1.807, 2.05) is 39.2 Å². The lowest BCUT2D eigenvalue weighted by molar-refractivity contribution is 0.145. The predicted octanol–water partition coefficient (Wildman–Crippen LogP) is 2.73. The molecular formula is C19H35IN4O2. The van der Waals surface area contributed by atoms with Crippen LogP contribution in [0.1, 0.15) is 25.8 Å². The number of benzene rings is 1. The fourth-order valence-corrected chi connectivity index (χ4v) is 2.14. The lowest BCUT2D eigenvalue weighted by atomic mass is 10.2. The van der Waals surface area contributed by atoms with Crippen molar-refractivity contribution < 1.29 is 9.47 Å². The van der Waals surface area contributed by atoms with Crippen LogP contribution in [0.4, 0.5) is 0 Å². The van der Waals surface area contributed by atoms with Crippen molar-refractivity contribution >= 4 is 29.9 Å². The molecule has 1 aromatic rings. The molecule has 0 saturated heterocycles. The average molecular weight is 478 g/mol. The van der Waals surface area contributed by atoms with Gasteiger partial charge in [0.2, 0.25) is 0 Å². The summed E-state index contributed by atoms with van der Waals surface area (Å²) in [6, 6.07) is 8.08. The quantitative estimate of drug-likeness (QED) is 0.210. The van der Waals surface area contributed by atoms with Crippen molar-refractivity contribution in [3.8, 4) is 5.75 Å². The highest BCUT2D eigenvalue weighted by atomic mass is 127. The van der Waals surface area contributed by atoms with E-state index in [4.69, 9.17) is 9.47 Å². The number of ether oxygens (including phenoxy) is 2. The van der Waals surface area contributed by atoms with Crippen LogP contribution in [0.5, 0.6) is 5.75 Å². The third-order valence-corrected chi connectivity index (χ3v) is 3.48. The Hall–Kier alpha value is -1.06. The molecule has 0 aromatic heterocycles. The standard InChI is InChI=1S/C19H34N4O2.HI/c1-5-20-19(21-12-9-14-24-6-2)22-16-17-10-7-8-11-18(17)25-15-13-23(3)4;/h7-8,10-11H,5-6,9,12-16H2,1-4H3,(H2,20,21,22);1H. The molecule has 1 rings (SSSR count). The highest BCUT2D eigenvalue weighted by Gasteiger charge is 2.04. The third kappa shape index (κ3) is 11.5. The topological polar surface area (TPSA) is 58.1 Å². The SMILES string of the molecule is CCNC(=NCc1ccccc1OCCN(C)C)NCCCOCC.I. The summed E-state index contributed by atoms with van der Waals surface area (Å²) < 4.78 is 11.3. The first-order valence-electron chi connectivity index (χ1n) is 9.12. The normalized spacial score (nSPS) is 11.2. The van der Waals surface area contributed by atoms with Crippen LogP contribution in [-0.4, -0.2) is 64.4 Å². The number of hydrogen-bond donors (Lipinski definition) is 2. The molecule has 1 aromatic carbocycles. The van der Waals surface area contributed by atoms with E-state index in [1.54, 1.807) is 0 Å². The van der Waals surface area contributed by atoms with E-state index in [9.17, 15) is 0 Å². The van der Waals surface area contributed by atoms with Crippen molar-refractivity contribution in [3.63, 3.8) is 0 Å². The molecule has 0 atom stereocenters. The molecule has 0 aliphatic rings. The molecule has 0 saturated carbocycles. The number of likely N-dealkylation sites (N-methyl/N-ethyl adjacent to an activating group) is 1. The van der Waals surface area contributed by atoms with E-state index < -0.39 is 0 Å². The molecule has 0 aliphatic carbocycles. The lowest BCUT2D eigenvalue weighted by Gasteiger charge is -2.14. The molecule has 0 aliphatic heterocycles. The third-order valence-electron chi connectivity index (χ3n) is 3.48. The van der Waals surface area contributed by atoms with Gasteiger partial charge in [-0.25, -0.2) is 4.99 Å². The maximum Gasteiger partial charge on any atom is 0.191 e. The second-order valence-corrected chi connectivity index (χ2v) is 5.93. The van der Waals surface area contributed by atoms with Gasteiger partial charge in [0.15, 0.2) is 5.96 Å². The zero-order chi connectivity index (χ0) is 18.3. The molecule has 6 nitrogen and oxygen atoms in total. The Balaban J connectivity index is 0.00000625. The highest BCUT2D eigenvalue weighted by Crippen LogP contribution is 2.18. The van der Waals surface area contributed by atoms with Crippen molar-refractivity contribution in [2.24, 2.45) is 4.99 Å². The van der Waals surface area contributed by atoms with Gasteiger partial charge in [0.1, 0.15) is 12.4 Å². The Bertz CT molecular complexity index is 498. The maximum atomic E-state index is 5.90. The maximum absolute atomic E-state index is 5.90. The highest BCUT2D eigenvalue weighted by molar-refractivity contribution is 14.0. The van der Waals surface area contributed by atoms with Gasteiger partial charge in [-0.15, -0.1) is 24.0 Å². The van der Waals surface area contributed by atoms with E-state index in [2.05, 4.69) is 33.5 Å². The van der Waals surface area contributed by atoms with Crippen LogP contribution < -0.4 is 15.4 Å². The van der Waals surface area contributed by atoms with Crippen LogP contribution in [0.2, 0.25) is 0 Å². The second-order valence-electron chi connectivity index (χ2n) is 5.93. The fraction of sp³-hybridized carbons (Fsp3) is 0.632. The Morgan fingerprint density at radius 3 is 2.58 bits per heavy atom. The van der Waals surface area contributed by atoms with Crippen LogP contribution >= 0.6 is 24.0 Å². The van der Waals surface area contributed by atoms with Crippen molar-refractivity contribution in [3.05, 3.63) is 29.8 Å². The molecule has 150 valence electrons. The van der Waals surface area contributed by atoms with Gasteiger partial charge < -0.3 is 25.0 Å². The summed E-state index contributed by atoms with van der Waals surface area (Å²) >= 11 is 0. The van der Waals surface area contributed by atoms with Gasteiger partial charge in [0, 0.05) is 38.4 Å². The number of aliphatic imine (C=N–C) groups is 1.